The average Bonchev–Trinajstić information content (AvgIpc) is 2.12. The smallest absolute Gasteiger partial charge is 0.305 e. The maximum absolute atomic E-state index is 10.9. The van der Waals surface area contributed by atoms with E-state index in [9.17, 15) is 9.90 Å². The molecule has 0 amide bonds. The maximum atomic E-state index is 10.9. The van der Waals surface area contributed by atoms with Crippen LogP contribution >= 0.6 is 0 Å². The lowest BCUT2D eigenvalue weighted by Crippen LogP contribution is -2.18. The Labute approximate surface area is 80.1 Å². The summed E-state index contributed by atoms with van der Waals surface area (Å²) in [7, 11) is 0. The molecule has 13 heavy (non-hydrogen) atoms. The van der Waals surface area contributed by atoms with Crippen LogP contribution in [0.3, 0.4) is 0 Å². The summed E-state index contributed by atoms with van der Waals surface area (Å²) in [5.74, 6) is -0.210. The minimum Gasteiger partial charge on any atom is -0.463 e. The predicted octanol–water partition coefficient (Wildman–Crippen LogP) is 1.88. The third-order valence-electron chi connectivity index (χ3n) is 1.78. The molecule has 0 aromatic rings. The van der Waals surface area contributed by atoms with Gasteiger partial charge in [-0.3, -0.25) is 4.79 Å². The number of unbranched alkanes of at least 4 members (excludes halogenated alkanes) is 1. The highest BCUT2D eigenvalue weighted by Crippen LogP contribution is 2.01. The standard InChI is InChI=1S/C10H20O3/c1-3-5-7-9(11)8-13-10(12)6-4-2/h9,11H,3-8H2,1-2H3. The number of rotatable bonds is 7. The average molecular weight is 188 g/mol. The van der Waals surface area contributed by atoms with Gasteiger partial charge in [0.2, 0.25) is 0 Å². The van der Waals surface area contributed by atoms with Crippen molar-refractivity contribution in [1.29, 1.82) is 0 Å². The van der Waals surface area contributed by atoms with E-state index in [1.165, 1.54) is 0 Å². The Balaban J connectivity index is 3.34. The Morgan fingerprint density at radius 2 is 2.08 bits per heavy atom. The van der Waals surface area contributed by atoms with Gasteiger partial charge in [0, 0.05) is 6.42 Å². The molecule has 0 aliphatic rings. The number of aliphatic hydroxyl groups excluding tert-OH is 1. The van der Waals surface area contributed by atoms with Gasteiger partial charge in [0.05, 0.1) is 6.10 Å². The van der Waals surface area contributed by atoms with Gasteiger partial charge < -0.3 is 9.84 Å². The van der Waals surface area contributed by atoms with E-state index in [0.29, 0.717) is 6.42 Å². The van der Waals surface area contributed by atoms with Gasteiger partial charge in [-0.15, -0.1) is 0 Å². The molecule has 0 aliphatic carbocycles. The topological polar surface area (TPSA) is 46.5 Å². The van der Waals surface area contributed by atoms with E-state index in [4.69, 9.17) is 4.74 Å². The number of hydrogen-bond donors (Lipinski definition) is 1. The van der Waals surface area contributed by atoms with Crippen LogP contribution in [0.2, 0.25) is 0 Å². The number of esters is 1. The molecule has 3 nitrogen and oxygen atoms in total. The number of aliphatic hydroxyl groups is 1. The van der Waals surface area contributed by atoms with Gasteiger partial charge in [-0.05, 0) is 12.8 Å². The fraction of sp³-hybridized carbons (Fsp3) is 0.900. The van der Waals surface area contributed by atoms with E-state index < -0.39 is 6.10 Å². The van der Waals surface area contributed by atoms with Gasteiger partial charge in [0.15, 0.2) is 0 Å². The van der Waals surface area contributed by atoms with Crippen LogP contribution < -0.4 is 0 Å². The van der Waals surface area contributed by atoms with Gasteiger partial charge in [0.1, 0.15) is 6.61 Å². The number of ether oxygens (including phenoxy) is 1. The predicted molar refractivity (Wildman–Crippen MR) is 51.4 cm³/mol. The van der Waals surface area contributed by atoms with Crippen molar-refractivity contribution in [3.8, 4) is 0 Å². The van der Waals surface area contributed by atoms with E-state index >= 15 is 0 Å². The van der Waals surface area contributed by atoms with Crippen LogP contribution in [0.4, 0.5) is 0 Å². The summed E-state index contributed by atoms with van der Waals surface area (Å²) in [5, 5.41) is 9.32. The first-order valence-corrected chi connectivity index (χ1v) is 5.04. The highest BCUT2D eigenvalue weighted by atomic mass is 16.5. The fourth-order valence-corrected chi connectivity index (χ4v) is 0.989. The van der Waals surface area contributed by atoms with Crippen LogP contribution in [0.25, 0.3) is 0 Å². The van der Waals surface area contributed by atoms with E-state index in [2.05, 4.69) is 6.92 Å². The molecule has 78 valence electrons. The molecule has 0 radical (unpaired) electrons. The molecule has 0 aliphatic heterocycles. The van der Waals surface area contributed by atoms with E-state index in [-0.39, 0.29) is 12.6 Å². The highest BCUT2D eigenvalue weighted by molar-refractivity contribution is 5.69. The van der Waals surface area contributed by atoms with Crippen molar-refractivity contribution >= 4 is 5.97 Å². The molecule has 0 rings (SSSR count). The Hall–Kier alpha value is -0.570. The van der Waals surface area contributed by atoms with E-state index in [0.717, 1.165) is 25.7 Å². The zero-order chi connectivity index (χ0) is 10.1. The lowest BCUT2D eigenvalue weighted by atomic mass is 10.2. The van der Waals surface area contributed by atoms with Crippen LogP contribution in [0.1, 0.15) is 46.0 Å². The first-order valence-electron chi connectivity index (χ1n) is 5.04. The minimum atomic E-state index is -0.485. The first kappa shape index (κ1) is 12.4. The van der Waals surface area contributed by atoms with Crippen molar-refractivity contribution in [2.45, 2.75) is 52.1 Å². The highest BCUT2D eigenvalue weighted by Gasteiger charge is 2.06. The van der Waals surface area contributed by atoms with Gasteiger partial charge in [-0.1, -0.05) is 26.7 Å². The van der Waals surface area contributed by atoms with Crippen molar-refractivity contribution in [1.82, 2.24) is 0 Å². The SMILES string of the molecule is CCCCC(O)COC(=O)CCC. The van der Waals surface area contributed by atoms with Crippen molar-refractivity contribution in [3.05, 3.63) is 0 Å². The summed E-state index contributed by atoms with van der Waals surface area (Å²) in [6, 6.07) is 0. The molecular formula is C10H20O3. The number of carbonyl (C=O) groups excluding carboxylic acids is 1. The van der Waals surface area contributed by atoms with Gasteiger partial charge >= 0.3 is 5.97 Å². The van der Waals surface area contributed by atoms with Crippen molar-refractivity contribution in [3.63, 3.8) is 0 Å². The zero-order valence-corrected chi connectivity index (χ0v) is 8.58. The molecular weight excluding hydrogens is 168 g/mol. The number of hydrogen-bond acceptors (Lipinski definition) is 3. The molecule has 0 spiro atoms. The van der Waals surface area contributed by atoms with Crippen molar-refractivity contribution in [2.75, 3.05) is 6.61 Å². The monoisotopic (exact) mass is 188 g/mol. The van der Waals surface area contributed by atoms with Crippen LogP contribution in [0, 0.1) is 0 Å². The molecule has 0 aromatic carbocycles. The molecule has 3 heteroatoms. The molecule has 1 unspecified atom stereocenters. The Kier molecular flexibility index (Phi) is 7.69. The third kappa shape index (κ3) is 7.78. The molecule has 0 saturated heterocycles. The summed E-state index contributed by atoms with van der Waals surface area (Å²) < 4.78 is 4.85. The van der Waals surface area contributed by atoms with Crippen LogP contribution in [-0.4, -0.2) is 23.8 Å². The molecule has 1 N–H and O–H groups in total. The lowest BCUT2D eigenvalue weighted by Gasteiger charge is -2.10. The van der Waals surface area contributed by atoms with Gasteiger partial charge in [-0.25, -0.2) is 0 Å². The Bertz CT molecular complexity index is 134. The van der Waals surface area contributed by atoms with Gasteiger partial charge in [0.25, 0.3) is 0 Å². The normalized spacial score (nSPS) is 12.5. The molecule has 0 bridgehead atoms. The summed E-state index contributed by atoms with van der Waals surface area (Å²) in [4.78, 5) is 10.9. The van der Waals surface area contributed by atoms with E-state index in [1.54, 1.807) is 0 Å². The Morgan fingerprint density at radius 1 is 1.38 bits per heavy atom. The maximum Gasteiger partial charge on any atom is 0.305 e. The fourth-order valence-electron chi connectivity index (χ4n) is 0.989. The molecule has 0 fully saturated rings. The van der Waals surface area contributed by atoms with Crippen LogP contribution in [-0.2, 0) is 9.53 Å². The second-order valence-corrected chi connectivity index (χ2v) is 3.23. The third-order valence-corrected chi connectivity index (χ3v) is 1.78. The molecule has 1 atom stereocenters. The summed E-state index contributed by atoms with van der Waals surface area (Å²) in [5.41, 5.74) is 0. The summed E-state index contributed by atoms with van der Waals surface area (Å²) in [6.45, 7) is 4.14. The van der Waals surface area contributed by atoms with Gasteiger partial charge in [-0.2, -0.15) is 0 Å². The minimum absolute atomic E-state index is 0.152. The largest absolute Gasteiger partial charge is 0.463 e. The first-order chi connectivity index (χ1) is 6.20. The summed E-state index contributed by atoms with van der Waals surface area (Å²) in [6.07, 6.45) is 3.51. The number of carbonyl (C=O) groups is 1. The Morgan fingerprint density at radius 3 is 2.62 bits per heavy atom. The molecule has 0 aromatic heterocycles. The van der Waals surface area contributed by atoms with Crippen molar-refractivity contribution < 1.29 is 14.6 Å². The molecule has 0 saturated carbocycles. The van der Waals surface area contributed by atoms with Crippen LogP contribution in [0.15, 0.2) is 0 Å². The second-order valence-electron chi connectivity index (χ2n) is 3.23. The zero-order valence-electron chi connectivity index (χ0n) is 8.58. The second kappa shape index (κ2) is 8.05. The summed E-state index contributed by atoms with van der Waals surface area (Å²) >= 11 is 0. The quantitative estimate of drug-likeness (QED) is 0.620. The molecule has 0 heterocycles. The van der Waals surface area contributed by atoms with Crippen LogP contribution in [0.5, 0.6) is 0 Å². The van der Waals surface area contributed by atoms with E-state index in [1.807, 2.05) is 6.92 Å². The lowest BCUT2D eigenvalue weighted by molar-refractivity contribution is -0.146. The van der Waals surface area contributed by atoms with Crippen molar-refractivity contribution in [2.24, 2.45) is 0 Å².